The molecular formula is C15H19ClN2O. The Bertz CT molecular complexity index is 545. The summed E-state index contributed by atoms with van der Waals surface area (Å²) in [6, 6.07) is 7.92. The summed E-state index contributed by atoms with van der Waals surface area (Å²) in [7, 11) is 1.68. The van der Waals surface area contributed by atoms with Crippen LogP contribution in [0.2, 0.25) is 0 Å². The van der Waals surface area contributed by atoms with Gasteiger partial charge in [-0.2, -0.15) is 0 Å². The molecule has 0 aliphatic rings. The third-order valence-corrected chi connectivity index (χ3v) is 3.45. The third-order valence-electron chi connectivity index (χ3n) is 3.08. The second-order valence-electron chi connectivity index (χ2n) is 4.48. The lowest BCUT2D eigenvalue weighted by Crippen LogP contribution is -2.14. The fourth-order valence-corrected chi connectivity index (χ4v) is 2.42. The fraction of sp³-hybridized carbons (Fsp3) is 0.400. The molecule has 1 unspecified atom stereocenters. The SMILES string of the molecule is CCCC(Cl)CNc1nccc2c(OC)cccc12. The molecule has 0 spiro atoms. The highest BCUT2D eigenvalue weighted by atomic mass is 35.5. The van der Waals surface area contributed by atoms with Gasteiger partial charge < -0.3 is 10.1 Å². The van der Waals surface area contributed by atoms with Gasteiger partial charge in [0, 0.05) is 23.5 Å². The van der Waals surface area contributed by atoms with Crippen LogP contribution in [0.4, 0.5) is 5.82 Å². The summed E-state index contributed by atoms with van der Waals surface area (Å²) in [6.45, 7) is 2.86. The number of fused-ring (bicyclic) bond motifs is 1. The van der Waals surface area contributed by atoms with Crippen LogP contribution >= 0.6 is 11.6 Å². The Kier molecular flexibility index (Phi) is 4.86. The maximum Gasteiger partial charge on any atom is 0.134 e. The van der Waals surface area contributed by atoms with E-state index in [0.29, 0.717) is 0 Å². The van der Waals surface area contributed by atoms with Crippen molar-refractivity contribution in [3.63, 3.8) is 0 Å². The largest absolute Gasteiger partial charge is 0.496 e. The summed E-state index contributed by atoms with van der Waals surface area (Å²) in [4.78, 5) is 4.39. The van der Waals surface area contributed by atoms with Gasteiger partial charge in [-0.15, -0.1) is 11.6 Å². The van der Waals surface area contributed by atoms with Crippen molar-refractivity contribution >= 4 is 28.2 Å². The summed E-state index contributed by atoms with van der Waals surface area (Å²) in [5, 5.41) is 5.57. The Balaban J connectivity index is 2.24. The van der Waals surface area contributed by atoms with E-state index in [9.17, 15) is 0 Å². The van der Waals surface area contributed by atoms with Crippen LogP contribution in [0.15, 0.2) is 30.5 Å². The number of hydrogen-bond acceptors (Lipinski definition) is 3. The minimum absolute atomic E-state index is 0.132. The van der Waals surface area contributed by atoms with E-state index in [2.05, 4.69) is 17.2 Å². The van der Waals surface area contributed by atoms with E-state index in [1.54, 1.807) is 13.3 Å². The van der Waals surface area contributed by atoms with Crippen molar-refractivity contribution in [1.29, 1.82) is 0 Å². The van der Waals surface area contributed by atoms with E-state index in [1.165, 1.54) is 0 Å². The Morgan fingerprint density at radius 3 is 2.89 bits per heavy atom. The van der Waals surface area contributed by atoms with Gasteiger partial charge in [-0.1, -0.05) is 25.5 Å². The average molecular weight is 279 g/mol. The van der Waals surface area contributed by atoms with Gasteiger partial charge in [-0.05, 0) is 18.6 Å². The Morgan fingerprint density at radius 1 is 1.32 bits per heavy atom. The average Bonchev–Trinajstić information content (AvgIpc) is 2.44. The van der Waals surface area contributed by atoms with Crippen LogP contribution < -0.4 is 10.1 Å². The van der Waals surface area contributed by atoms with Crippen molar-refractivity contribution in [2.24, 2.45) is 0 Å². The van der Waals surface area contributed by atoms with E-state index in [-0.39, 0.29) is 5.38 Å². The number of ether oxygens (including phenoxy) is 1. The molecule has 0 aliphatic heterocycles. The number of methoxy groups -OCH3 is 1. The van der Waals surface area contributed by atoms with Crippen LogP contribution in [0.3, 0.4) is 0 Å². The molecule has 1 heterocycles. The van der Waals surface area contributed by atoms with Crippen molar-refractivity contribution in [2.75, 3.05) is 19.0 Å². The number of benzene rings is 1. The van der Waals surface area contributed by atoms with Crippen LogP contribution in [0.5, 0.6) is 5.75 Å². The molecule has 4 heteroatoms. The van der Waals surface area contributed by atoms with Crippen molar-refractivity contribution in [1.82, 2.24) is 4.98 Å². The molecule has 0 bridgehead atoms. The lowest BCUT2D eigenvalue weighted by Gasteiger charge is -2.13. The fourth-order valence-electron chi connectivity index (χ4n) is 2.12. The zero-order valence-corrected chi connectivity index (χ0v) is 12.1. The molecule has 0 amide bonds. The molecular weight excluding hydrogens is 260 g/mol. The highest BCUT2D eigenvalue weighted by Gasteiger charge is 2.08. The van der Waals surface area contributed by atoms with E-state index < -0.39 is 0 Å². The first-order valence-corrected chi connectivity index (χ1v) is 6.99. The predicted octanol–water partition coefficient (Wildman–Crippen LogP) is 4.06. The number of rotatable bonds is 6. The Morgan fingerprint density at radius 2 is 2.16 bits per heavy atom. The standard InChI is InChI=1S/C15H19ClN2O/c1-3-5-11(16)10-18-15-13-6-4-7-14(19-2)12(13)8-9-17-15/h4,6-9,11H,3,5,10H2,1-2H3,(H,17,18). The van der Waals surface area contributed by atoms with Gasteiger partial charge in [0.2, 0.25) is 0 Å². The van der Waals surface area contributed by atoms with Crippen LogP contribution in [0.1, 0.15) is 19.8 Å². The number of hydrogen-bond donors (Lipinski definition) is 1. The first kappa shape index (κ1) is 13.9. The number of halogens is 1. The van der Waals surface area contributed by atoms with Crippen molar-refractivity contribution in [2.45, 2.75) is 25.1 Å². The molecule has 19 heavy (non-hydrogen) atoms. The highest BCUT2D eigenvalue weighted by Crippen LogP contribution is 2.29. The molecule has 0 radical (unpaired) electrons. The van der Waals surface area contributed by atoms with Gasteiger partial charge in [-0.25, -0.2) is 4.98 Å². The molecule has 3 nitrogen and oxygen atoms in total. The van der Waals surface area contributed by atoms with Gasteiger partial charge in [0.05, 0.1) is 12.5 Å². The third kappa shape index (κ3) is 3.29. The van der Waals surface area contributed by atoms with E-state index in [1.807, 2.05) is 24.3 Å². The first-order valence-electron chi connectivity index (χ1n) is 6.56. The Labute approximate surface area is 118 Å². The minimum Gasteiger partial charge on any atom is -0.496 e. The van der Waals surface area contributed by atoms with Crippen LogP contribution in [-0.4, -0.2) is 24.0 Å². The summed E-state index contributed by atoms with van der Waals surface area (Å²) < 4.78 is 5.37. The zero-order valence-electron chi connectivity index (χ0n) is 11.3. The summed E-state index contributed by atoms with van der Waals surface area (Å²) in [5.74, 6) is 1.72. The van der Waals surface area contributed by atoms with Crippen LogP contribution in [-0.2, 0) is 0 Å². The second kappa shape index (κ2) is 6.62. The minimum atomic E-state index is 0.132. The van der Waals surface area contributed by atoms with Crippen molar-refractivity contribution in [3.05, 3.63) is 30.5 Å². The van der Waals surface area contributed by atoms with Gasteiger partial charge >= 0.3 is 0 Å². The summed E-state index contributed by atoms with van der Waals surface area (Å²) in [5.41, 5.74) is 0. The lowest BCUT2D eigenvalue weighted by atomic mass is 10.1. The number of alkyl halides is 1. The molecule has 1 aromatic heterocycles. The molecule has 1 N–H and O–H groups in total. The van der Waals surface area contributed by atoms with Crippen molar-refractivity contribution < 1.29 is 4.74 Å². The molecule has 1 aromatic carbocycles. The van der Waals surface area contributed by atoms with E-state index in [4.69, 9.17) is 16.3 Å². The molecule has 102 valence electrons. The van der Waals surface area contributed by atoms with Crippen LogP contribution in [0, 0.1) is 0 Å². The molecule has 2 rings (SSSR count). The Hall–Kier alpha value is -1.48. The predicted molar refractivity (Wildman–Crippen MR) is 81.3 cm³/mol. The number of nitrogens with one attached hydrogen (secondary N) is 1. The quantitative estimate of drug-likeness (QED) is 0.809. The molecule has 1 atom stereocenters. The van der Waals surface area contributed by atoms with Crippen LogP contribution in [0.25, 0.3) is 10.8 Å². The number of aromatic nitrogens is 1. The van der Waals surface area contributed by atoms with Crippen molar-refractivity contribution in [3.8, 4) is 5.75 Å². The monoisotopic (exact) mass is 278 g/mol. The highest BCUT2D eigenvalue weighted by molar-refractivity contribution is 6.20. The summed E-state index contributed by atoms with van der Waals surface area (Å²) >= 11 is 6.23. The van der Waals surface area contributed by atoms with E-state index >= 15 is 0 Å². The normalized spacial score (nSPS) is 12.4. The molecule has 0 aliphatic carbocycles. The number of pyridine rings is 1. The zero-order chi connectivity index (χ0) is 13.7. The van der Waals surface area contributed by atoms with Gasteiger partial charge in [0.1, 0.15) is 11.6 Å². The molecule has 0 saturated carbocycles. The second-order valence-corrected chi connectivity index (χ2v) is 5.10. The van der Waals surface area contributed by atoms with Gasteiger partial charge in [-0.3, -0.25) is 0 Å². The topological polar surface area (TPSA) is 34.2 Å². The molecule has 0 saturated heterocycles. The van der Waals surface area contributed by atoms with Gasteiger partial charge in [0.25, 0.3) is 0 Å². The maximum absolute atomic E-state index is 6.23. The molecule has 0 fully saturated rings. The molecule has 2 aromatic rings. The number of nitrogens with zero attached hydrogens (tertiary/aromatic N) is 1. The smallest absolute Gasteiger partial charge is 0.134 e. The first-order chi connectivity index (χ1) is 9.26. The lowest BCUT2D eigenvalue weighted by molar-refractivity contribution is 0.420. The maximum atomic E-state index is 6.23. The number of anilines is 1. The summed E-state index contributed by atoms with van der Waals surface area (Å²) in [6.07, 6.45) is 3.88. The van der Waals surface area contributed by atoms with Gasteiger partial charge in [0.15, 0.2) is 0 Å². The van der Waals surface area contributed by atoms with E-state index in [0.717, 1.165) is 41.7 Å².